The molecule has 2 aliphatic rings. The average molecular weight is 620 g/mol. The summed E-state index contributed by atoms with van der Waals surface area (Å²) in [6.07, 6.45) is 4.61. The number of imidazole rings is 1. The second-order valence-corrected chi connectivity index (χ2v) is 12.1. The Hall–Kier alpha value is -3.43. The molecule has 1 N–H and O–H groups in total. The van der Waals surface area contributed by atoms with Crippen molar-refractivity contribution in [1.29, 1.82) is 0 Å². The van der Waals surface area contributed by atoms with Gasteiger partial charge in [-0.2, -0.15) is 0 Å². The molecule has 0 unspecified atom stereocenters. The highest BCUT2D eigenvalue weighted by Crippen LogP contribution is 2.41. The number of aromatic nitrogens is 3. The van der Waals surface area contributed by atoms with Gasteiger partial charge >= 0.3 is 0 Å². The summed E-state index contributed by atoms with van der Waals surface area (Å²) in [5.41, 5.74) is 6.53. The molecule has 4 aromatic rings. The number of piperidine rings is 1. The molecule has 1 amide bonds. The summed E-state index contributed by atoms with van der Waals surface area (Å²) in [5.74, 6) is 0.667. The van der Waals surface area contributed by atoms with Crippen LogP contribution in [0.4, 0.5) is 5.69 Å². The lowest BCUT2D eigenvalue weighted by Crippen LogP contribution is -2.29. The third-order valence-corrected chi connectivity index (χ3v) is 9.25. The fourth-order valence-corrected chi connectivity index (χ4v) is 6.69. The van der Waals surface area contributed by atoms with Crippen LogP contribution in [0, 0.1) is 0 Å². The first kappa shape index (κ1) is 29.6. The molecule has 0 radical (unpaired) electrons. The number of hydrogen-bond acceptors (Lipinski definition) is 6. The molecule has 0 saturated carbocycles. The Kier molecular flexibility index (Phi) is 8.73. The van der Waals surface area contributed by atoms with Crippen molar-refractivity contribution in [3.63, 3.8) is 0 Å². The minimum Gasteiger partial charge on any atom is -0.481 e. The largest absolute Gasteiger partial charge is 0.481 e. The van der Waals surface area contributed by atoms with Crippen LogP contribution in [-0.2, 0) is 26.6 Å². The van der Waals surface area contributed by atoms with E-state index in [9.17, 15) is 4.79 Å². The van der Waals surface area contributed by atoms with Crippen molar-refractivity contribution >= 4 is 34.8 Å². The minimum absolute atomic E-state index is 0.306. The quantitative estimate of drug-likeness (QED) is 0.249. The highest BCUT2D eigenvalue weighted by atomic mass is 35.5. The van der Waals surface area contributed by atoms with Gasteiger partial charge in [-0.1, -0.05) is 66.0 Å². The molecular formula is C33H36Cl2N6O2. The first-order chi connectivity index (χ1) is 20.8. The Labute approximate surface area is 262 Å². The summed E-state index contributed by atoms with van der Waals surface area (Å²) in [7, 11) is 5.60. The van der Waals surface area contributed by atoms with Gasteiger partial charge in [0, 0.05) is 61.1 Å². The monoisotopic (exact) mass is 618 g/mol. The zero-order valence-corrected chi connectivity index (χ0v) is 26.3. The number of nitrogens with zero attached hydrogens (tertiary/aromatic N) is 5. The van der Waals surface area contributed by atoms with Crippen molar-refractivity contribution in [2.24, 2.45) is 7.05 Å². The van der Waals surface area contributed by atoms with Gasteiger partial charge in [-0.3, -0.25) is 9.69 Å². The second-order valence-electron chi connectivity index (χ2n) is 11.4. The number of hydrogen-bond donors (Lipinski definition) is 1. The normalized spacial score (nSPS) is 15.7. The van der Waals surface area contributed by atoms with E-state index in [0.717, 1.165) is 72.9 Å². The summed E-state index contributed by atoms with van der Waals surface area (Å²) in [6, 6.07) is 15.4. The molecule has 43 heavy (non-hydrogen) atoms. The van der Waals surface area contributed by atoms with E-state index in [-0.39, 0.29) is 5.91 Å². The summed E-state index contributed by atoms with van der Waals surface area (Å²) in [6.45, 7) is 4.67. The number of ether oxygens (including phenoxy) is 1. The maximum absolute atomic E-state index is 13.3. The number of likely N-dealkylation sites (tertiary alicyclic amines) is 1. The first-order valence-electron chi connectivity index (χ1n) is 14.7. The van der Waals surface area contributed by atoms with Crippen LogP contribution in [0.3, 0.4) is 0 Å². The number of halogens is 2. The Morgan fingerprint density at radius 2 is 1.63 bits per heavy atom. The van der Waals surface area contributed by atoms with Crippen LogP contribution < -0.4 is 10.1 Å². The number of nitrogens with one attached hydrogen (secondary N) is 1. The van der Waals surface area contributed by atoms with Crippen LogP contribution in [-0.4, -0.2) is 64.0 Å². The van der Waals surface area contributed by atoms with Gasteiger partial charge in [0.25, 0.3) is 5.91 Å². The predicted molar refractivity (Wildman–Crippen MR) is 172 cm³/mol. The van der Waals surface area contributed by atoms with Crippen LogP contribution in [0.5, 0.6) is 5.88 Å². The molecule has 0 spiro atoms. The minimum atomic E-state index is -0.306. The molecule has 6 rings (SSSR count). The van der Waals surface area contributed by atoms with Gasteiger partial charge in [-0.05, 0) is 45.1 Å². The van der Waals surface area contributed by atoms with Gasteiger partial charge in [0.1, 0.15) is 0 Å². The lowest BCUT2D eigenvalue weighted by molar-refractivity contribution is 0.101. The van der Waals surface area contributed by atoms with E-state index in [1.807, 2.05) is 48.0 Å². The molecule has 10 heteroatoms. The van der Waals surface area contributed by atoms with Gasteiger partial charge < -0.3 is 19.5 Å². The Balaban J connectivity index is 1.27. The van der Waals surface area contributed by atoms with Gasteiger partial charge in [-0.15, -0.1) is 0 Å². The second kappa shape index (κ2) is 12.7. The van der Waals surface area contributed by atoms with Crippen molar-refractivity contribution < 1.29 is 9.53 Å². The maximum Gasteiger partial charge on any atom is 0.291 e. The number of benzene rings is 2. The van der Waals surface area contributed by atoms with E-state index in [1.165, 1.54) is 19.3 Å². The molecule has 0 atom stereocenters. The number of carbonyl (C=O) groups is 1. The number of rotatable bonds is 7. The van der Waals surface area contributed by atoms with Gasteiger partial charge in [0.15, 0.2) is 5.82 Å². The van der Waals surface area contributed by atoms with Crippen LogP contribution in [0.1, 0.15) is 46.8 Å². The molecule has 0 aliphatic carbocycles. The number of anilines is 1. The lowest BCUT2D eigenvalue weighted by atomic mass is 10.00. The molecule has 2 aromatic heterocycles. The molecule has 1 saturated heterocycles. The van der Waals surface area contributed by atoms with E-state index in [4.69, 9.17) is 32.9 Å². The summed E-state index contributed by atoms with van der Waals surface area (Å²) >= 11 is 14.0. The Morgan fingerprint density at radius 3 is 2.40 bits per heavy atom. The topological polar surface area (TPSA) is 75.5 Å². The lowest BCUT2D eigenvalue weighted by Gasteiger charge is -2.26. The fourth-order valence-electron chi connectivity index (χ4n) is 6.09. The third kappa shape index (κ3) is 6.02. The molecule has 2 aliphatic heterocycles. The molecule has 8 nitrogen and oxygen atoms in total. The zero-order chi connectivity index (χ0) is 30.1. The van der Waals surface area contributed by atoms with Crippen LogP contribution in [0.15, 0.2) is 48.5 Å². The SMILES string of the molecule is COc1nc(-c2cccc(-c3cccc(NC(=O)c4nc5c(n4C)CCN(C)C5)c3Cl)c2Cl)ccc1CN1CCCCC1. The number of pyridine rings is 1. The average Bonchev–Trinajstić information content (AvgIpc) is 3.34. The number of fused-ring (bicyclic) bond motifs is 1. The van der Waals surface area contributed by atoms with Crippen LogP contribution in [0.2, 0.25) is 10.0 Å². The highest BCUT2D eigenvalue weighted by Gasteiger charge is 2.25. The van der Waals surface area contributed by atoms with Crippen molar-refractivity contribution in [2.75, 3.05) is 39.1 Å². The summed E-state index contributed by atoms with van der Waals surface area (Å²) in [5, 5.41) is 3.89. The van der Waals surface area contributed by atoms with Crippen molar-refractivity contribution in [3.05, 3.63) is 81.4 Å². The molecular weight excluding hydrogens is 583 g/mol. The molecule has 4 heterocycles. The van der Waals surface area contributed by atoms with E-state index < -0.39 is 0 Å². The molecule has 1 fully saturated rings. The number of amides is 1. The summed E-state index contributed by atoms with van der Waals surface area (Å²) in [4.78, 5) is 27.5. The third-order valence-electron chi connectivity index (χ3n) is 8.44. The van der Waals surface area contributed by atoms with E-state index in [2.05, 4.69) is 33.2 Å². The van der Waals surface area contributed by atoms with Crippen molar-refractivity contribution in [1.82, 2.24) is 24.3 Å². The smallest absolute Gasteiger partial charge is 0.291 e. The molecule has 0 bridgehead atoms. The first-order valence-corrected chi connectivity index (χ1v) is 15.5. The van der Waals surface area contributed by atoms with Crippen LogP contribution in [0.25, 0.3) is 22.4 Å². The fraction of sp³-hybridized carbons (Fsp3) is 0.364. The Bertz CT molecular complexity index is 1660. The van der Waals surface area contributed by atoms with Crippen molar-refractivity contribution in [3.8, 4) is 28.3 Å². The maximum atomic E-state index is 13.3. The van der Waals surface area contributed by atoms with Gasteiger partial charge in [-0.25, -0.2) is 9.97 Å². The van der Waals surface area contributed by atoms with Gasteiger partial charge in [0.2, 0.25) is 5.88 Å². The predicted octanol–water partition coefficient (Wildman–Crippen LogP) is 6.69. The van der Waals surface area contributed by atoms with E-state index in [0.29, 0.717) is 33.0 Å². The van der Waals surface area contributed by atoms with E-state index in [1.54, 1.807) is 13.2 Å². The number of methoxy groups -OCH3 is 1. The zero-order valence-electron chi connectivity index (χ0n) is 24.8. The van der Waals surface area contributed by atoms with Crippen LogP contribution >= 0.6 is 23.2 Å². The summed E-state index contributed by atoms with van der Waals surface area (Å²) < 4.78 is 7.58. The van der Waals surface area contributed by atoms with Crippen molar-refractivity contribution in [2.45, 2.75) is 38.8 Å². The number of likely N-dealkylation sites (N-methyl/N-ethyl adjacent to an activating group) is 1. The van der Waals surface area contributed by atoms with E-state index >= 15 is 0 Å². The number of carbonyl (C=O) groups excluding carboxylic acids is 1. The Morgan fingerprint density at radius 1 is 0.907 bits per heavy atom. The van der Waals surface area contributed by atoms with Gasteiger partial charge in [0.05, 0.1) is 34.2 Å². The highest BCUT2D eigenvalue weighted by molar-refractivity contribution is 6.39. The standard InChI is InChI=1S/C33H36Cl2N6O2/c1-39-18-15-28-27(20-39)36-31(40(28)2)32(42)37-26-12-8-10-23(30(26)35)22-9-7-11-24(29(22)34)25-14-13-21(33(38-25)43-3)19-41-16-5-4-6-17-41/h7-14H,4-6,15-20H2,1-3H3,(H,37,42). The molecule has 224 valence electrons. The molecule has 2 aromatic carbocycles.